The molecule has 2 aromatic heterocycles. The average molecular weight is 435 g/mol. The van der Waals surface area contributed by atoms with Crippen LogP contribution < -0.4 is 11.3 Å². The highest BCUT2D eigenvalue weighted by Crippen LogP contribution is 2.36. The van der Waals surface area contributed by atoms with Crippen molar-refractivity contribution in [2.45, 2.75) is 45.3 Å². The molecule has 0 aliphatic carbocycles. The highest BCUT2D eigenvalue weighted by atomic mass is 16.7. The summed E-state index contributed by atoms with van der Waals surface area (Å²) < 4.78 is 23.0. The summed E-state index contributed by atoms with van der Waals surface area (Å²) in [5.41, 5.74) is 5.06. The maximum atomic E-state index is 12.3. The van der Waals surface area contributed by atoms with Crippen molar-refractivity contribution >= 4 is 41.1 Å². The summed E-state index contributed by atoms with van der Waals surface area (Å²) in [6.07, 6.45) is -3.11. The van der Waals surface area contributed by atoms with E-state index in [4.69, 9.17) is 24.7 Å². The lowest BCUT2D eigenvalue weighted by Crippen LogP contribution is -2.40. The van der Waals surface area contributed by atoms with Crippen molar-refractivity contribution < 1.29 is 33.3 Å². The Labute approximate surface area is 175 Å². The average Bonchev–Trinajstić information content (AvgIpc) is 3.17. The smallest absolute Gasteiger partial charge is 0.303 e. The zero-order chi connectivity index (χ0) is 22.9. The van der Waals surface area contributed by atoms with Crippen molar-refractivity contribution in [3.8, 4) is 0 Å². The van der Waals surface area contributed by atoms with E-state index in [1.54, 1.807) is 0 Å². The van der Waals surface area contributed by atoms with Gasteiger partial charge in [-0.1, -0.05) is 6.58 Å². The number of nitrogens with two attached hydrogens (primary N) is 1. The minimum atomic E-state index is -1.18. The Hall–Kier alpha value is -3.74. The summed E-state index contributed by atoms with van der Waals surface area (Å²) in [6.45, 7) is 6.93. The lowest BCUT2D eigenvalue weighted by molar-refractivity contribution is -0.166. The second-order valence-corrected chi connectivity index (χ2v) is 6.68. The molecule has 1 fully saturated rings. The summed E-state index contributed by atoms with van der Waals surface area (Å²) >= 11 is 0. The van der Waals surface area contributed by atoms with Crippen LogP contribution in [0.5, 0.6) is 0 Å². The van der Waals surface area contributed by atoms with E-state index in [2.05, 4.69) is 21.5 Å². The Morgan fingerprint density at radius 2 is 1.81 bits per heavy atom. The molecule has 3 N–H and O–H groups in total. The first-order valence-corrected chi connectivity index (χ1v) is 9.15. The Kier molecular flexibility index (Phi) is 6.06. The number of H-pyrrole nitrogens is 1. The van der Waals surface area contributed by atoms with Gasteiger partial charge in [0.1, 0.15) is 18.5 Å². The van der Waals surface area contributed by atoms with Gasteiger partial charge in [0.15, 0.2) is 29.6 Å². The molecular formula is C18H21N5O8. The number of rotatable bonds is 6. The number of carbonyl (C=O) groups is 3. The Morgan fingerprint density at radius 3 is 2.39 bits per heavy atom. The number of nitrogens with zero attached hydrogens (tertiary/aromatic N) is 3. The summed E-state index contributed by atoms with van der Waals surface area (Å²) in [4.78, 5) is 57.7. The molecule has 31 heavy (non-hydrogen) atoms. The molecule has 0 spiro atoms. The molecule has 4 atom stereocenters. The van der Waals surface area contributed by atoms with Gasteiger partial charge in [-0.25, -0.2) is 4.98 Å². The minimum absolute atomic E-state index is 0.0352. The van der Waals surface area contributed by atoms with Crippen LogP contribution in [0.15, 0.2) is 11.4 Å². The second kappa shape index (κ2) is 8.55. The first-order chi connectivity index (χ1) is 14.6. The van der Waals surface area contributed by atoms with Crippen LogP contribution in [0.25, 0.3) is 17.2 Å². The van der Waals surface area contributed by atoms with Crippen LogP contribution in [0.4, 0.5) is 5.95 Å². The van der Waals surface area contributed by atoms with E-state index in [1.165, 1.54) is 31.4 Å². The van der Waals surface area contributed by atoms with Gasteiger partial charge in [-0.2, -0.15) is 4.98 Å². The molecule has 13 heteroatoms. The molecule has 3 heterocycles. The Balaban J connectivity index is 2.16. The maximum absolute atomic E-state index is 12.3. The van der Waals surface area contributed by atoms with Crippen molar-refractivity contribution in [1.82, 2.24) is 19.5 Å². The van der Waals surface area contributed by atoms with Gasteiger partial charge >= 0.3 is 17.9 Å². The summed E-state index contributed by atoms with van der Waals surface area (Å²) in [6, 6.07) is 0. The fourth-order valence-electron chi connectivity index (χ4n) is 3.31. The minimum Gasteiger partial charge on any atom is -0.463 e. The number of ether oxygens (including phenoxy) is 4. The second-order valence-electron chi connectivity index (χ2n) is 6.68. The third-order valence-corrected chi connectivity index (χ3v) is 4.37. The standard InChI is InChI=1S/C18H21N5O8/c1-5-11-20-12-15(21-18(19)22-16(12)27)23(11)17-14(30-9(4)26)13(29-8(3)25)10(31-17)6-28-7(2)24/h5,10,13-14,17H,1,6H2,2-4H3,(H3,19,21,22,27)/t10-,13+,14?,17-/m1/s1. The SMILES string of the molecule is C=Cc1nc2c(=O)[nH]c(N)nc2n1[C@@H]1O[C@H](COC(C)=O)[C@H](OC(C)=O)C1OC(C)=O. The van der Waals surface area contributed by atoms with E-state index in [0.717, 1.165) is 0 Å². The predicted molar refractivity (Wildman–Crippen MR) is 104 cm³/mol. The largest absolute Gasteiger partial charge is 0.463 e. The Bertz CT molecular complexity index is 1110. The Morgan fingerprint density at radius 1 is 1.16 bits per heavy atom. The monoisotopic (exact) mass is 435 g/mol. The fraction of sp³-hybridized carbons (Fsp3) is 0.444. The highest BCUT2D eigenvalue weighted by Gasteiger charge is 2.51. The van der Waals surface area contributed by atoms with Crippen LogP contribution in [0, 0.1) is 0 Å². The van der Waals surface area contributed by atoms with Crippen molar-refractivity contribution in [1.29, 1.82) is 0 Å². The normalized spacial score (nSPS) is 22.8. The number of carbonyl (C=O) groups excluding carboxylic acids is 3. The summed E-state index contributed by atoms with van der Waals surface area (Å²) in [5.74, 6) is -1.95. The van der Waals surface area contributed by atoms with Gasteiger partial charge in [0, 0.05) is 20.8 Å². The number of esters is 3. The van der Waals surface area contributed by atoms with Crippen LogP contribution in [0.1, 0.15) is 32.8 Å². The predicted octanol–water partition coefficient (Wildman–Crippen LogP) is -0.331. The van der Waals surface area contributed by atoms with Gasteiger partial charge in [0.05, 0.1) is 0 Å². The third kappa shape index (κ3) is 4.40. The number of hydrogen-bond acceptors (Lipinski definition) is 11. The number of nitrogen functional groups attached to an aromatic ring is 1. The number of fused-ring (bicyclic) bond motifs is 1. The summed E-state index contributed by atoms with van der Waals surface area (Å²) in [7, 11) is 0. The van der Waals surface area contributed by atoms with Gasteiger partial charge in [-0.05, 0) is 6.08 Å². The molecule has 0 bridgehead atoms. The first kappa shape index (κ1) is 22.0. The molecule has 166 valence electrons. The molecule has 2 aromatic rings. The first-order valence-electron chi connectivity index (χ1n) is 9.15. The molecule has 3 rings (SSSR count). The van der Waals surface area contributed by atoms with E-state index in [1.807, 2.05) is 0 Å². The zero-order valence-corrected chi connectivity index (χ0v) is 17.0. The van der Waals surface area contributed by atoms with Crippen molar-refractivity contribution in [2.24, 2.45) is 0 Å². The van der Waals surface area contributed by atoms with Crippen LogP contribution >= 0.6 is 0 Å². The van der Waals surface area contributed by atoms with Crippen LogP contribution in [-0.4, -0.2) is 62.3 Å². The van der Waals surface area contributed by atoms with Gasteiger partial charge in [0.2, 0.25) is 5.95 Å². The third-order valence-electron chi connectivity index (χ3n) is 4.37. The molecule has 1 aliphatic rings. The van der Waals surface area contributed by atoms with E-state index in [9.17, 15) is 19.2 Å². The lowest BCUT2D eigenvalue weighted by atomic mass is 10.1. The van der Waals surface area contributed by atoms with Crippen molar-refractivity contribution in [2.75, 3.05) is 12.3 Å². The number of aromatic amines is 1. The fourth-order valence-corrected chi connectivity index (χ4v) is 3.31. The number of hydrogen-bond donors (Lipinski definition) is 2. The van der Waals surface area contributed by atoms with Gasteiger partial charge in [-0.3, -0.25) is 28.7 Å². The quantitative estimate of drug-likeness (QED) is 0.448. The number of aromatic nitrogens is 4. The highest BCUT2D eigenvalue weighted by molar-refractivity contribution is 5.74. The number of anilines is 1. The molecule has 0 radical (unpaired) electrons. The molecule has 0 aromatic carbocycles. The number of nitrogens with one attached hydrogen (secondary N) is 1. The van der Waals surface area contributed by atoms with E-state index >= 15 is 0 Å². The van der Waals surface area contributed by atoms with E-state index in [-0.39, 0.29) is 29.5 Å². The molecule has 1 saturated heterocycles. The van der Waals surface area contributed by atoms with Crippen LogP contribution in [-0.2, 0) is 33.3 Å². The molecule has 1 aliphatic heterocycles. The van der Waals surface area contributed by atoms with Gasteiger partial charge in [0.25, 0.3) is 5.56 Å². The van der Waals surface area contributed by atoms with Crippen molar-refractivity contribution in [3.05, 3.63) is 22.8 Å². The summed E-state index contributed by atoms with van der Waals surface area (Å²) in [5, 5.41) is 0. The molecule has 1 unspecified atom stereocenters. The molecule has 13 nitrogen and oxygen atoms in total. The van der Waals surface area contributed by atoms with Crippen molar-refractivity contribution in [3.63, 3.8) is 0 Å². The van der Waals surface area contributed by atoms with E-state index in [0.29, 0.717) is 0 Å². The maximum Gasteiger partial charge on any atom is 0.303 e. The van der Waals surface area contributed by atoms with Crippen LogP contribution in [0.3, 0.4) is 0 Å². The van der Waals surface area contributed by atoms with Crippen LogP contribution in [0.2, 0.25) is 0 Å². The molecule has 0 amide bonds. The molecular weight excluding hydrogens is 414 g/mol. The number of imidazole rings is 1. The molecule has 0 saturated carbocycles. The zero-order valence-electron chi connectivity index (χ0n) is 17.0. The van der Waals surface area contributed by atoms with Gasteiger partial charge in [-0.15, -0.1) is 0 Å². The lowest BCUT2D eigenvalue weighted by Gasteiger charge is -2.24. The van der Waals surface area contributed by atoms with E-state index < -0.39 is 48.0 Å². The topological polar surface area (TPSA) is 178 Å². The van der Waals surface area contributed by atoms with Gasteiger partial charge < -0.3 is 24.7 Å².